The zero-order chi connectivity index (χ0) is 12.0. The molecule has 0 saturated carbocycles. The minimum absolute atomic E-state index is 0.505. The Morgan fingerprint density at radius 3 is 2.75 bits per heavy atom. The van der Waals surface area contributed by atoms with Gasteiger partial charge < -0.3 is 4.74 Å². The number of methoxy groups -OCH3 is 1. The molecule has 0 aliphatic carbocycles. The van der Waals surface area contributed by atoms with Crippen molar-refractivity contribution in [1.29, 1.82) is 0 Å². The molecule has 0 fully saturated rings. The zero-order valence-corrected chi connectivity index (χ0v) is 11.5. The van der Waals surface area contributed by atoms with Crippen LogP contribution in [-0.2, 0) is 11.3 Å². The lowest BCUT2D eigenvalue weighted by molar-refractivity contribution is 0.118. The highest BCUT2D eigenvalue weighted by Crippen LogP contribution is 2.18. The monoisotopic (exact) mass is 263 g/mol. The van der Waals surface area contributed by atoms with Gasteiger partial charge in [-0.2, -0.15) is 0 Å². The van der Waals surface area contributed by atoms with E-state index in [1.165, 1.54) is 11.3 Å². The Balaban J connectivity index is 2.55. The van der Waals surface area contributed by atoms with Gasteiger partial charge in [-0.05, 0) is 24.9 Å². The number of halogens is 1. The van der Waals surface area contributed by atoms with Gasteiger partial charge in [0.1, 0.15) is 5.01 Å². The fraction of sp³-hybridized carbons (Fsp3) is 0.800. The molecule has 0 aliphatic heterocycles. The number of aromatic nitrogens is 2. The van der Waals surface area contributed by atoms with Gasteiger partial charge in [0.15, 0.2) is 0 Å². The van der Waals surface area contributed by atoms with Crippen molar-refractivity contribution in [3.63, 3.8) is 0 Å². The van der Waals surface area contributed by atoms with Gasteiger partial charge in [-0.1, -0.05) is 18.3 Å². The average Bonchev–Trinajstić information content (AvgIpc) is 2.69. The highest BCUT2D eigenvalue weighted by atomic mass is 35.5. The molecule has 4 nitrogen and oxygen atoms in total. The third-order valence-electron chi connectivity index (χ3n) is 2.58. The van der Waals surface area contributed by atoms with Gasteiger partial charge in [-0.3, -0.25) is 4.90 Å². The maximum Gasteiger partial charge on any atom is 0.207 e. The van der Waals surface area contributed by atoms with Crippen molar-refractivity contribution in [3.8, 4) is 0 Å². The summed E-state index contributed by atoms with van der Waals surface area (Å²) in [6.07, 6.45) is 1.11. The molecule has 1 heterocycles. The second-order valence-corrected chi connectivity index (χ2v) is 5.31. The fourth-order valence-corrected chi connectivity index (χ4v) is 2.29. The summed E-state index contributed by atoms with van der Waals surface area (Å²) in [6.45, 7) is 6.82. The summed E-state index contributed by atoms with van der Waals surface area (Å²) in [4.78, 5) is 2.33. The molecule has 0 amide bonds. The van der Waals surface area contributed by atoms with Crippen LogP contribution in [0.4, 0.5) is 0 Å². The van der Waals surface area contributed by atoms with Gasteiger partial charge in [0.25, 0.3) is 0 Å². The first-order valence-electron chi connectivity index (χ1n) is 5.38. The van der Waals surface area contributed by atoms with Crippen LogP contribution in [0.5, 0.6) is 0 Å². The highest BCUT2D eigenvalue weighted by Gasteiger charge is 2.14. The average molecular weight is 264 g/mol. The van der Waals surface area contributed by atoms with Gasteiger partial charge in [-0.25, -0.2) is 0 Å². The summed E-state index contributed by atoms with van der Waals surface area (Å²) < 4.78 is 5.61. The van der Waals surface area contributed by atoms with Crippen LogP contribution < -0.4 is 0 Å². The molecule has 0 bridgehead atoms. The van der Waals surface area contributed by atoms with E-state index in [4.69, 9.17) is 16.3 Å². The second kappa shape index (κ2) is 7.17. The molecule has 0 saturated heterocycles. The summed E-state index contributed by atoms with van der Waals surface area (Å²) in [6, 6.07) is 0.512. The Morgan fingerprint density at radius 1 is 1.50 bits per heavy atom. The van der Waals surface area contributed by atoms with Crippen LogP contribution in [0.15, 0.2) is 0 Å². The predicted molar refractivity (Wildman–Crippen MR) is 67.0 cm³/mol. The van der Waals surface area contributed by atoms with Crippen molar-refractivity contribution in [2.24, 2.45) is 0 Å². The van der Waals surface area contributed by atoms with E-state index in [1.54, 1.807) is 7.11 Å². The molecule has 6 heteroatoms. The van der Waals surface area contributed by atoms with E-state index in [0.717, 1.165) is 31.1 Å². The van der Waals surface area contributed by atoms with Crippen LogP contribution in [-0.4, -0.2) is 41.4 Å². The topological polar surface area (TPSA) is 38.2 Å². The Kier molecular flexibility index (Phi) is 6.20. The number of hydrogen-bond donors (Lipinski definition) is 0. The van der Waals surface area contributed by atoms with Crippen LogP contribution >= 0.6 is 22.9 Å². The lowest BCUT2D eigenvalue weighted by Crippen LogP contribution is -2.34. The quantitative estimate of drug-likeness (QED) is 0.757. The molecule has 1 rings (SSSR count). The van der Waals surface area contributed by atoms with Crippen molar-refractivity contribution in [2.45, 2.75) is 32.9 Å². The molecule has 1 atom stereocenters. The van der Waals surface area contributed by atoms with Gasteiger partial charge in [0.2, 0.25) is 4.47 Å². The molecule has 0 aliphatic rings. The summed E-state index contributed by atoms with van der Waals surface area (Å²) in [5, 5.41) is 8.81. The minimum Gasteiger partial charge on any atom is -0.383 e. The molecular weight excluding hydrogens is 246 g/mol. The van der Waals surface area contributed by atoms with Crippen molar-refractivity contribution in [2.75, 3.05) is 20.3 Å². The molecule has 1 aromatic heterocycles. The van der Waals surface area contributed by atoms with E-state index in [-0.39, 0.29) is 0 Å². The first-order valence-corrected chi connectivity index (χ1v) is 6.57. The van der Waals surface area contributed by atoms with Crippen LogP contribution in [0.25, 0.3) is 0 Å². The third kappa shape index (κ3) is 4.33. The lowest BCUT2D eigenvalue weighted by atomic mass is 10.2. The highest BCUT2D eigenvalue weighted by molar-refractivity contribution is 7.15. The molecular formula is C10H18ClN3OS. The second-order valence-electron chi connectivity index (χ2n) is 3.67. The number of nitrogens with zero attached hydrogens (tertiary/aromatic N) is 3. The summed E-state index contributed by atoms with van der Waals surface area (Å²) >= 11 is 7.20. The van der Waals surface area contributed by atoms with Gasteiger partial charge in [-0.15, -0.1) is 10.2 Å². The van der Waals surface area contributed by atoms with Crippen molar-refractivity contribution >= 4 is 22.9 Å². The normalized spacial score (nSPS) is 13.3. The first kappa shape index (κ1) is 13.8. The number of ether oxygens (including phenoxy) is 1. The molecule has 16 heavy (non-hydrogen) atoms. The Bertz CT molecular complexity index is 308. The number of rotatable bonds is 7. The minimum atomic E-state index is 0.505. The van der Waals surface area contributed by atoms with E-state index in [1.807, 2.05) is 0 Å². The maximum atomic E-state index is 5.76. The Hall–Kier alpha value is -0.230. The van der Waals surface area contributed by atoms with Gasteiger partial charge >= 0.3 is 0 Å². The van der Waals surface area contributed by atoms with E-state index in [9.17, 15) is 0 Å². The van der Waals surface area contributed by atoms with Gasteiger partial charge in [0, 0.05) is 19.7 Å². The maximum absolute atomic E-state index is 5.76. The standard InChI is InChI=1S/C10H18ClN3OS/c1-4-8(2)14(5-6-15-3)7-9-12-13-10(11)16-9/h8H,4-7H2,1-3H3. The molecule has 92 valence electrons. The van der Waals surface area contributed by atoms with E-state index >= 15 is 0 Å². The van der Waals surface area contributed by atoms with Crippen LogP contribution in [0.3, 0.4) is 0 Å². The fourth-order valence-electron chi connectivity index (χ4n) is 1.39. The Labute approximate surface area is 106 Å². The first-order chi connectivity index (χ1) is 7.67. The summed E-state index contributed by atoms with van der Waals surface area (Å²) in [5.41, 5.74) is 0. The smallest absolute Gasteiger partial charge is 0.207 e. The summed E-state index contributed by atoms with van der Waals surface area (Å²) in [5.74, 6) is 0. The largest absolute Gasteiger partial charge is 0.383 e. The Morgan fingerprint density at radius 2 is 2.25 bits per heavy atom. The van der Waals surface area contributed by atoms with E-state index < -0.39 is 0 Å². The molecule has 0 N–H and O–H groups in total. The third-order valence-corrected chi connectivity index (χ3v) is 3.58. The molecule has 0 aromatic carbocycles. The molecule has 1 unspecified atom stereocenters. The van der Waals surface area contributed by atoms with Crippen molar-refractivity contribution < 1.29 is 4.74 Å². The predicted octanol–water partition coefficient (Wildman–Crippen LogP) is 2.44. The number of hydrogen-bond acceptors (Lipinski definition) is 5. The van der Waals surface area contributed by atoms with Crippen molar-refractivity contribution in [1.82, 2.24) is 15.1 Å². The van der Waals surface area contributed by atoms with Crippen LogP contribution in [0.2, 0.25) is 4.47 Å². The van der Waals surface area contributed by atoms with Crippen LogP contribution in [0.1, 0.15) is 25.3 Å². The SMILES string of the molecule is CCC(C)N(CCOC)Cc1nnc(Cl)s1. The van der Waals surface area contributed by atoms with E-state index in [2.05, 4.69) is 28.9 Å². The van der Waals surface area contributed by atoms with Crippen LogP contribution in [0, 0.1) is 0 Å². The molecule has 0 radical (unpaired) electrons. The lowest BCUT2D eigenvalue weighted by Gasteiger charge is -2.26. The zero-order valence-electron chi connectivity index (χ0n) is 9.94. The van der Waals surface area contributed by atoms with Gasteiger partial charge in [0.05, 0.1) is 13.2 Å². The van der Waals surface area contributed by atoms with E-state index in [0.29, 0.717) is 10.5 Å². The molecule has 0 spiro atoms. The van der Waals surface area contributed by atoms with Crippen molar-refractivity contribution in [3.05, 3.63) is 9.47 Å². The summed E-state index contributed by atoms with van der Waals surface area (Å²) in [7, 11) is 1.72. The molecule has 1 aromatic rings.